The third kappa shape index (κ3) is 7.11. The first-order valence-corrected chi connectivity index (χ1v) is 14.1. The molecule has 1 fully saturated rings. The molecule has 0 bridgehead atoms. The lowest BCUT2D eigenvalue weighted by Gasteiger charge is -2.39. The van der Waals surface area contributed by atoms with Crippen molar-refractivity contribution in [3.63, 3.8) is 0 Å². The molecule has 42 heavy (non-hydrogen) atoms. The molecule has 0 spiro atoms. The van der Waals surface area contributed by atoms with Gasteiger partial charge in [0.15, 0.2) is 17.8 Å². The first kappa shape index (κ1) is 29.6. The van der Waals surface area contributed by atoms with Gasteiger partial charge in [0.1, 0.15) is 6.61 Å². The molecule has 0 aromatic heterocycles. The number of rotatable bonds is 10. The topological polar surface area (TPSA) is 98.7 Å². The Bertz CT molecular complexity index is 1360. The van der Waals surface area contributed by atoms with Gasteiger partial charge in [-0.05, 0) is 52.9 Å². The molecular formula is C33H38N2O7. The Hall–Kier alpha value is -3.89. The predicted octanol–water partition coefficient (Wildman–Crippen LogP) is 5.53. The molecule has 2 N–H and O–H groups in total. The van der Waals surface area contributed by atoms with Crippen LogP contribution in [0.1, 0.15) is 46.6 Å². The SMILES string of the molecule is C=CCOC(=O)Nc1ccc([C@@H]2O[C@H](CN3CCc4cc(OC)c(OC)cc4C3)C[C@H](c3ccc(CO)cc3)O2)cc1. The van der Waals surface area contributed by atoms with Crippen LogP contribution in [0.4, 0.5) is 10.5 Å². The number of amides is 1. The fourth-order valence-corrected chi connectivity index (χ4v) is 5.43. The van der Waals surface area contributed by atoms with Gasteiger partial charge in [0.2, 0.25) is 0 Å². The fourth-order valence-electron chi connectivity index (χ4n) is 5.43. The lowest BCUT2D eigenvalue weighted by Crippen LogP contribution is -2.41. The van der Waals surface area contributed by atoms with Crippen LogP contribution in [0.3, 0.4) is 0 Å². The van der Waals surface area contributed by atoms with Gasteiger partial charge in [-0.3, -0.25) is 10.2 Å². The number of carbonyl (C=O) groups is 1. The van der Waals surface area contributed by atoms with E-state index in [0.29, 0.717) is 12.1 Å². The predicted molar refractivity (Wildman–Crippen MR) is 159 cm³/mol. The summed E-state index contributed by atoms with van der Waals surface area (Å²) in [5.74, 6) is 1.49. The molecule has 1 saturated heterocycles. The summed E-state index contributed by atoms with van der Waals surface area (Å²) in [6, 6.07) is 19.4. The Morgan fingerprint density at radius 3 is 2.38 bits per heavy atom. The molecule has 2 aliphatic heterocycles. The minimum atomic E-state index is -0.588. The van der Waals surface area contributed by atoms with Crippen molar-refractivity contribution in [3.05, 3.63) is 101 Å². The molecule has 0 aliphatic carbocycles. The number of ether oxygens (including phenoxy) is 5. The van der Waals surface area contributed by atoms with Crippen LogP contribution in [-0.4, -0.2) is 56.1 Å². The van der Waals surface area contributed by atoms with E-state index in [0.717, 1.165) is 54.2 Å². The van der Waals surface area contributed by atoms with Gasteiger partial charge in [-0.1, -0.05) is 49.1 Å². The van der Waals surface area contributed by atoms with Crippen molar-refractivity contribution in [1.29, 1.82) is 0 Å². The summed E-state index contributed by atoms with van der Waals surface area (Å²) in [5, 5.41) is 12.2. The van der Waals surface area contributed by atoms with Gasteiger partial charge in [0.25, 0.3) is 0 Å². The van der Waals surface area contributed by atoms with Crippen molar-refractivity contribution in [2.75, 3.05) is 39.2 Å². The fraction of sp³-hybridized carbons (Fsp3) is 0.364. The molecule has 0 saturated carbocycles. The van der Waals surface area contributed by atoms with Crippen LogP contribution < -0.4 is 14.8 Å². The van der Waals surface area contributed by atoms with Crippen molar-refractivity contribution < 1.29 is 33.6 Å². The zero-order chi connectivity index (χ0) is 29.5. The molecule has 5 rings (SSSR count). The quantitative estimate of drug-likeness (QED) is 0.305. The molecular weight excluding hydrogens is 536 g/mol. The summed E-state index contributed by atoms with van der Waals surface area (Å²) in [7, 11) is 3.32. The second-order valence-corrected chi connectivity index (χ2v) is 10.4. The summed E-state index contributed by atoms with van der Waals surface area (Å²) >= 11 is 0. The third-order valence-corrected chi connectivity index (χ3v) is 7.64. The number of benzene rings is 3. The molecule has 2 aliphatic rings. The van der Waals surface area contributed by atoms with Crippen LogP contribution in [0.25, 0.3) is 0 Å². The van der Waals surface area contributed by atoms with E-state index in [1.165, 1.54) is 17.2 Å². The number of anilines is 1. The molecule has 3 aromatic rings. The Morgan fingerprint density at radius 2 is 1.71 bits per heavy atom. The third-order valence-electron chi connectivity index (χ3n) is 7.64. The van der Waals surface area contributed by atoms with Crippen LogP contribution in [0.5, 0.6) is 11.5 Å². The normalized spacial score (nSPS) is 20.3. The zero-order valence-corrected chi connectivity index (χ0v) is 24.1. The lowest BCUT2D eigenvalue weighted by atomic mass is 9.97. The van der Waals surface area contributed by atoms with Gasteiger partial charge >= 0.3 is 6.09 Å². The van der Waals surface area contributed by atoms with Crippen LogP contribution in [-0.2, 0) is 33.8 Å². The van der Waals surface area contributed by atoms with Crippen molar-refractivity contribution in [1.82, 2.24) is 4.90 Å². The lowest BCUT2D eigenvalue weighted by molar-refractivity contribution is -0.253. The summed E-state index contributed by atoms with van der Waals surface area (Å²) in [6.45, 7) is 6.13. The smallest absolute Gasteiger partial charge is 0.411 e. The molecule has 2 heterocycles. The number of hydrogen-bond donors (Lipinski definition) is 2. The Kier molecular flexibility index (Phi) is 9.76. The maximum absolute atomic E-state index is 11.9. The highest BCUT2D eigenvalue weighted by Crippen LogP contribution is 2.39. The standard InChI is InChI=1S/C33H38N2O7/c1-4-15-40-33(37)34-27-11-9-24(10-12-27)32-41-28(18-29(42-32)23-7-5-22(21-36)6-8-23)20-35-14-13-25-16-30(38-2)31(39-3)17-26(25)19-35/h4-12,16-17,28-29,32,36H,1,13-15,18-21H2,2-3H3,(H,34,37)/t28-,29+,32+/m0/s1. The molecule has 222 valence electrons. The summed E-state index contributed by atoms with van der Waals surface area (Å²) in [6.07, 6.45) is 1.72. The maximum atomic E-state index is 11.9. The Balaban J connectivity index is 1.32. The second-order valence-electron chi connectivity index (χ2n) is 10.4. The van der Waals surface area contributed by atoms with Crippen molar-refractivity contribution in [2.45, 2.75) is 44.5 Å². The number of aliphatic hydroxyl groups is 1. The van der Waals surface area contributed by atoms with E-state index < -0.39 is 12.4 Å². The first-order chi connectivity index (χ1) is 20.5. The van der Waals surface area contributed by atoms with E-state index in [2.05, 4.69) is 28.9 Å². The Labute approximate surface area is 246 Å². The van der Waals surface area contributed by atoms with Crippen molar-refractivity contribution >= 4 is 11.8 Å². The summed E-state index contributed by atoms with van der Waals surface area (Å²) in [5.41, 5.74) is 5.85. The van der Waals surface area contributed by atoms with E-state index >= 15 is 0 Å². The highest BCUT2D eigenvalue weighted by molar-refractivity contribution is 5.84. The van der Waals surface area contributed by atoms with Gasteiger partial charge < -0.3 is 28.8 Å². The molecule has 9 heteroatoms. The van der Waals surface area contributed by atoms with E-state index in [4.69, 9.17) is 23.7 Å². The summed E-state index contributed by atoms with van der Waals surface area (Å²) in [4.78, 5) is 14.3. The monoisotopic (exact) mass is 574 g/mol. The average molecular weight is 575 g/mol. The largest absolute Gasteiger partial charge is 0.493 e. The van der Waals surface area contributed by atoms with Gasteiger partial charge in [0, 0.05) is 37.3 Å². The Morgan fingerprint density at radius 1 is 1.02 bits per heavy atom. The number of aliphatic hydroxyl groups excluding tert-OH is 1. The summed E-state index contributed by atoms with van der Waals surface area (Å²) < 4.78 is 29.1. The van der Waals surface area contributed by atoms with E-state index in [9.17, 15) is 9.90 Å². The van der Waals surface area contributed by atoms with Gasteiger partial charge in [-0.2, -0.15) is 0 Å². The first-order valence-electron chi connectivity index (χ1n) is 14.1. The van der Waals surface area contributed by atoms with Gasteiger partial charge in [-0.25, -0.2) is 4.79 Å². The molecule has 9 nitrogen and oxygen atoms in total. The number of methoxy groups -OCH3 is 2. The van der Waals surface area contributed by atoms with E-state index in [1.807, 2.05) is 36.4 Å². The highest BCUT2D eigenvalue weighted by Gasteiger charge is 2.34. The average Bonchev–Trinajstić information content (AvgIpc) is 3.03. The molecule has 0 radical (unpaired) electrons. The van der Waals surface area contributed by atoms with Gasteiger partial charge in [-0.15, -0.1) is 0 Å². The molecule has 3 aromatic carbocycles. The van der Waals surface area contributed by atoms with Crippen molar-refractivity contribution in [3.8, 4) is 11.5 Å². The maximum Gasteiger partial charge on any atom is 0.411 e. The molecule has 1 amide bonds. The van der Waals surface area contributed by atoms with E-state index in [1.54, 1.807) is 26.4 Å². The number of fused-ring (bicyclic) bond motifs is 1. The highest BCUT2D eigenvalue weighted by atomic mass is 16.7. The molecule has 3 atom stereocenters. The second kappa shape index (κ2) is 13.8. The van der Waals surface area contributed by atoms with Gasteiger partial charge in [0.05, 0.1) is 33.0 Å². The minimum absolute atomic E-state index is 0.00518. The number of hydrogen-bond acceptors (Lipinski definition) is 8. The van der Waals surface area contributed by atoms with Crippen LogP contribution >= 0.6 is 0 Å². The van der Waals surface area contributed by atoms with Crippen molar-refractivity contribution in [2.24, 2.45) is 0 Å². The number of carbonyl (C=O) groups excluding carboxylic acids is 1. The minimum Gasteiger partial charge on any atom is -0.493 e. The van der Waals surface area contributed by atoms with Crippen LogP contribution in [0.15, 0.2) is 73.3 Å². The van der Waals surface area contributed by atoms with Crippen LogP contribution in [0.2, 0.25) is 0 Å². The molecule has 0 unspecified atom stereocenters. The number of nitrogens with one attached hydrogen (secondary N) is 1. The zero-order valence-electron chi connectivity index (χ0n) is 24.1. The van der Waals surface area contributed by atoms with E-state index in [-0.39, 0.29) is 25.4 Å². The number of nitrogens with zero attached hydrogens (tertiary/aromatic N) is 1. The van der Waals surface area contributed by atoms with Crippen LogP contribution in [0, 0.1) is 0 Å².